The molecule has 0 saturated heterocycles. The van der Waals surface area contributed by atoms with E-state index in [9.17, 15) is 9.18 Å². The maximum Gasteiger partial charge on any atom is 0.274 e. The van der Waals surface area contributed by atoms with E-state index in [1.807, 2.05) is 6.92 Å². The minimum Gasteiger partial charge on any atom is -0.330 e. The minimum absolute atomic E-state index is 0.125. The summed E-state index contributed by atoms with van der Waals surface area (Å²) < 4.78 is 13.3. The predicted octanol–water partition coefficient (Wildman–Crippen LogP) is 3.63. The molecule has 0 N–H and O–H groups in total. The van der Waals surface area contributed by atoms with Gasteiger partial charge in [0.15, 0.2) is 0 Å². The second kappa shape index (κ2) is 5.45. The van der Waals surface area contributed by atoms with Crippen LogP contribution in [-0.4, -0.2) is 22.3 Å². The molecule has 0 spiro atoms. The topological polar surface area (TPSA) is 33.2 Å². The van der Waals surface area contributed by atoms with Crippen molar-refractivity contribution in [3.8, 4) is 0 Å². The van der Waals surface area contributed by atoms with E-state index in [0.29, 0.717) is 18.0 Å². The van der Waals surface area contributed by atoms with Crippen LogP contribution in [0.2, 0.25) is 5.02 Å². The molecular formula is C16H14ClFN2O. The normalized spacial score (nSPS) is 17.5. The lowest BCUT2D eigenvalue weighted by Crippen LogP contribution is -2.39. The Morgan fingerprint density at radius 2 is 2.24 bits per heavy atom. The number of rotatable bonds is 1. The van der Waals surface area contributed by atoms with Gasteiger partial charge in [0.1, 0.15) is 11.5 Å². The smallest absolute Gasteiger partial charge is 0.274 e. The summed E-state index contributed by atoms with van der Waals surface area (Å²) in [6.45, 7) is 2.47. The quantitative estimate of drug-likeness (QED) is 0.806. The summed E-state index contributed by atoms with van der Waals surface area (Å²) in [7, 11) is 0. The molecule has 21 heavy (non-hydrogen) atoms. The Morgan fingerprint density at radius 1 is 1.43 bits per heavy atom. The van der Waals surface area contributed by atoms with Gasteiger partial charge in [0.25, 0.3) is 5.91 Å². The average molecular weight is 305 g/mol. The number of amides is 1. The number of carbonyl (C=O) groups excluding carboxylic acids is 1. The number of hydrogen-bond acceptors (Lipinski definition) is 2. The fourth-order valence-electron chi connectivity index (χ4n) is 2.76. The molecule has 5 heteroatoms. The van der Waals surface area contributed by atoms with Gasteiger partial charge in [-0.15, -0.1) is 0 Å². The molecule has 2 aromatic rings. The Morgan fingerprint density at radius 3 is 3.00 bits per heavy atom. The Balaban J connectivity index is 1.93. The van der Waals surface area contributed by atoms with Crippen LogP contribution in [0.3, 0.4) is 0 Å². The number of carbonyl (C=O) groups is 1. The van der Waals surface area contributed by atoms with Gasteiger partial charge in [0, 0.05) is 12.7 Å². The maximum atomic E-state index is 13.3. The molecule has 0 radical (unpaired) electrons. The summed E-state index contributed by atoms with van der Waals surface area (Å²) in [5, 5.41) is 0.347. The molecule has 1 amide bonds. The van der Waals surface area contributed by atoms with Gasteiger partial charge in [-0.3, -0.25) is 4.79 Å². The van der Waals surface area contributed by atoms with Crippen LogP contribution < -0.4 is 0 Å². The molecule has 3 nitrogen and oxygen atoms in total. The second-order valence-corrected chi connectivity index (χ2v) is 5.51. The van der Waals surface area contributed by atoms with E-state index in [0.717, 1.165) is 11.1 Å². The summed E-state index contributed by atoms with van der Waals surface area (Å²) in [6.07, 6.45) is 2.19. The van der Waals surface area contributed by atoms with E-state index in [2.05, 4.69) is 4.98 Å². The lowest BCUT2D eigenvalue weighted by Gasteiger charge is -2.35. The summed E-state index contributed by atoms with van der Waals surface area (Å²) in [5.41, 5.74) is 2.19. The Labute approximate surface area is 127 Å². The summed E-state index contributed by atoms with van der Waals surface area (Å²) in [4.78, 5) is 18.4. The fraction of sp³-hybridized carbons (Fsp3) is 0.250. The van der Waals surface area contributed by atoms with Crippen LogP contribution in [0.25, 0.3) is 0 Å². The average Bonchev–Trinajstić information content (AvgIpc) is 2.47. The number of aromatic nitrogens is 1. The van der Waals surface area contributed by atoms with Crippen LogP contribution in [-0.2, 0) is 6.42 Å². The predicted molar refractivity (Wildman–Crippen MR) is 78.8 cm³/mol. The molecule has 1 aromatic heterocycles. The molecule has 1 aromatic carbocycles. The van der Waals surface area contributed by atoms with Gasteiger partial charge in [0.05, 0.1) is 11.1 Å². The van der Waals surface area contributed by atoms with E-state index >= 15 is 0 Å². The van der Waals surface area contributed by atoms with Crippen LogP contribution in [0, 0.1) is 5.82 Å². The van der Waals surface area contributed by atoms with Gasteiger partial charge in [-0.05, 0) is 48.7 Å². The molecule has 108 valence electrons. The first kappa shape index (κ1) is 14.0. The Hall–Kier alpha value is -1.94. The number of benzene rings is 1. The molecule has 1 aliphatic rings. The molecular weight excluding hydrogens is 291 g/mol. The van der Waals surface area contributed by atoms with Crippen molar-refractivity contribution < 1.29 is 9.18 Å². The van der Waals surface area contributed by atoms with Crippen LogP contribution in [0.5, 0.6) is 0 Å². The van der Waals surface area contributed by atoms with Crippen LogP contribution in [0.4, 0.5) is 4.39 Å². The molecule has 1 aliphatic heterocycles. The van der Waals surface area contributed by atoms with Crippen molar-refractivity contribution in [2.24, 2.45) is 0 Å². The first-order chi connectivity index (χ1) is 10.1. The fourth-order valence-corrected chi connectivity index (χ4v) is 2.96. The Bertz CT molecular complexity index is 704. The molecule has 1 atom stereocenters. The number of pyridine rings is 1. The van der Waals surface area contributed by atoms with Crippen molar-refractivity contribution in [2.75, 3.05) is 6.54 Å². The zero-order chi connectivity index (χ0) is 15.0. The van der Waals surface area contributed by atoms with Gasteiger partial charge in [-0.2, -0.15) is 0 Å². The lowest BCUT2D eigenvalue weighted by atomic mass is 9.93. The molecule has 2 heterocycles. The molecule has 3 rings (SSSR count). The minimum atomic E-state index is -0.242. The summed E-state index contributed by atoms with van der Waals surface area (Å²) >= 11 is 6.05. The van der Waals surface area contributed by atoms with Crippen molar-refractivity contribution in [3.63, 3.8) is 0 Å². The van der Waals surface area contributed by atoms with Crippen LogP contribution in [0.15, 0.2) is 36.5 Å². The Kier molecular flexibility index (Phi) is 3.64. The van der Waals surface area contributed by atoms with Crippen molar-refractivity contribution in [3.05, 3.63) is 64.2 Å². The van der Waals surface area contributed by atoms with Crippen molar-refractivity contribution in [2.45, 2.75) is 19.4 Å². The van der Waals surface area contributed by atoms with Gasteiger partial charge < -0.3 is 4.90 Å². The van der Waals surface area contributed by atoms with E-state index in [1.54, 1.807) is 35.4 Å². The third kappa shape index (κ3) is 2.51. The van der Waals surface area contributed by atoms with Crippen LogP contribution >= 0.6 is 11.6 Å². The molecule has 0 fully saturated rings. The highest BCUT2D eigenvalue weighted by atomic mass is 35.5. The summed E-state index contributed by atoms with van der Waals surface area (Å²) in [5.74, 6) is -0.434. The number of fused-ring (bicyclic) bond motifs is 1. The van der Waals surface area contributed by atoms with Gasteiger partial charge in [0.2, 0.25) is 0 Å². The van der Waals surface area contributed by atoms with Gasteiger partial charge in [-0.1, -0.05) is 17.7 Å². The number of hydrogen-bond donors (Lipinski definition) is 0. The highest BCUT2D eigenvalue weighted by molar-refractivity contribution is 6.33. The highest BCUT2D eigenvalue weighted by Gasteiger charge is 2.29. The van der Waals surface area contributed by atoms with Gasteiger partial charge >= 0.3 is 0 Å². The van der Waals surface area contributed by atoms with Crippen molar-refractivity contribution in [1.29, 1.82) is 0 Å². The molecule has 1 unspecified atom stereocenters. The van der Waals surface area contributed by atoms with E-state index < -0.39 is 0 Å². The zero-order valence-corrected chi connectivity index (χ0v) is 12.3. The molecule has 0 saturated carbocycles. The number of nitrogens with zero attached hydrogens (tertiary/aromatic N) is 2. The molecule has 0 aliphatic carbocycles. The first-order valence-electron chi connectivity index (χ1n) is 6.77. The van der Waals surface area contributed by atoms with Crippen LogP contribution in [0.1, 0.15) is 34.6 Å². The van der Waals surface area contributed by atoms with E-state index in [1.165, 1.54) is 6.07 Å². The summed E-state index contributed by atoms with van der Waals surface area (Å²) in [6, 6.07) is 7.93. The molecule has 0 bridgehead atoms. The third-order valence-corrected chi connectivity index (χ3v) is 4.17. The maximum absolute atomic E-state index is 13.3. The highest BCUT2D eigenvalue weighted by Crippen LogP contribution is 2.31. The SMILES string of the molecule is CC1c2ccc(F)cc2CCN1C(=O)c1ncccc1Cl. The zero-order valence-electron chi connectivity index (χ0n) is 11.5. The third-order valence-electron chi connectivity index (χ3n) is 3.87. The van der Waals surface area contributed by atoms with Gasteiger partial charge in [-0.25, -0.2) is 9.37 Å². The second-order valence-electron chi connectivity index (χ2n) is 5.10. The largest absolute Gasteiger partial charge is 0.330 e. The standard InChI is InChI=1S/C16H14ClFN2O/c1-10-13-5-4-12(18)9-11(13)6-8-20(10)16(21)15-14(17)3-2-7-19-15/h2-5,7,9-10H,6,8H2,1H3. The van der Waals surface area contributed by atoms with E-state index in [-0.39, 0.29) is 23.5 Å². The van der Waals surface area contributed by atoms with E-state index in [4.69, 9.17) is 11.6 Å². The van der Waals surface area contributed by atoms with Crippen molar-refractivity contribution in [1.82, 2.24) is 9.88 Å². The number of halogens is 2. The first-order valence-corrected chi connectivity index (χ1v) is 7.15. The lowest BCUT2D eigenvalue weighted by molar-refractivity contribution is 0.0671. The monoisotopic (exact) mass is 304 g/mol. The van der Waals surface area contributed by atoms with Crippen molar-refractivity contribution >= 4 is 17.5 Å².